The van der Waals surface area contributed by atoms with Crippen molar-refractivity contribution in [3.8, 4) is 22.4 Å². The summed E-state index contributed by atoms with van der Waals surface area (Å²) in [6.45, 7) is 2.11. The van der Waals surface area contributed by atoms with Crippen LogP contribution in [0, 0.1) is 6.92 Å². The monoisotopic (exact) mass is 369 g/mol. The zero-order valence-corrected chi connectivity index (χ0v) is 15.8. The van der Waals surface area contributed by atoms with Gasteiger partial charge in [0.2, 0.25) is 5.13 Å². The van der Waals surface area contributed by atoms with Crippen LogP contribution in [0.4, 0.5) is 5.13 Å². The van der Waals surface area contributed by atoms with Gasteiger partial charge in [0.15, 0.2) is 0 Å². The van der Waals surface area contributed by atoms with E-state index in [1.807, 2.05) is 35.9 Å². The summed E-state index contributed by atoms with van der Waals surface area (Å²) in [7, 11) is 0. The second-order valence-corrected chi connectivity index (χ2v) is 7.09. The van der Waals surface area contributed by atoms with Gasteiger partial charge in [0.25, 0.3) is 0 Å². The Balaban J connectivity index is 1.52. The van der Waals surface area contributed by atoms with E-state index in [-0.39, 0.29) is 0 Å². The third-order valence-corrected chi connectivity index (χ3v) is 4.97. The highest BCUT2D eigenvalue weighted by Gasteiger charge is 2.04. The predicted molar refractivity (Wildman–Crippen MR) is 115 cm³/mol. The van der Waals surface area contributed by atoms with Crippen LogP contribution in [-0.4, -0.2) is 11.2 Å². The molecule has 4 aromatic rings. The van der Waals surface area contributed by atoms with Crippen LogP contribution in [0.25, 0.3) is 22.4 Å². The number of thiazole rings is 1. The molecule has 0 aliphatic rings. The lowest BCUT2D eigenvalue weighted by Gasteiger charge is -2.06. The van der Waals surface area contributed by atoms with Gasteiger partial charge >= 0.3 is 0 Å². The Morgan fingerprint density at radius 1 is 0.889 bits per heavy atom. The minimum Gasteiger partial charge on any atom is -0.253 e. The van der Waals surface area contributed by atoms with Gasteiger partial charge in [-0.05, 0) is 18.1 Å². The quantitative estimate of drug-likeness (QED) is 0.334. The number of benzene rings is 3. The molecule has 0 saturated heterocycles. The van der Waals surface area contributed by atoms with Crippen LogP contribution in [0.3, 0.4) is 0 Å². The Morgan fingerprint density at radius 2 is 1.67 bits per heavy atom. The number of rotatable bonds is 5. The Labute approximate surface area is 163 Å². The minimum atomic E-state index is 0.776. The topological polar surface area (TPSA) is 37.3 Å². The van der Waals surface area contributed by atoms with Crippen LogP contribution in [0.5, 0.6) is 0 Å². The summed E-state index contributed by atoms with van der Waals surface area (Å²) in [5.74, 6) is 0. The first-order valence-electron chi connectivity index (χ1n) is 8.76. The Morgan fingerprint density at radius 3 is 2.52 bits per heavy atom. The fourth-order valence-electron chi connectivity index (χ4n) is 2.91. The summed E-state index contributed by atoms with van der Waals surface area (Å²) in [6.07, 6.45) is 1.85. The molecule has 0 spiro atoms. The highest BCUT2D eigenvalue weighted by atomic mass is 32.1. The van der Waals surface area contributed by atoms with Crippen molar-refractivity contribution in [1.29, 1.82) is 0 Å². The van der Waals surface area contributed by atoms with Crippen LogP contribution in [0.2, 0.25) is 0 Å². The van der Waals surface area contributed by atoms with Crippen molar-refractivity contribution >= 4 is 22.7 Å². The van der Waals surface area contributed by atoms with Gasteiger partial charge in [0, 0.05) is 16.5 Å². The molecule has 3 aromatic carbocycles. The van der Waals surface area contributed by atoms with Crippen LogP contribution < -0.4 is 5.43 Å². The van der Waals surface area contributed by atoms with Crippen molar-refractivity contribution in [3.63, 3.8) is 0 Å². The molecule has 0 amide bonds. The largest absolute Gasteiger partial charge is 0.253 e. The average molecular weight is 369 g/mol. The number of nitrogens with one attached hydrogen (secondary N) is 1. The van der Waals surface area contributed by atoms with E-state index in [0.717, 1.165) is 27.5 Å². The summed E-state index contributed by atoms with van der Waals surface area (Å²) in [5.41, 5.74) is 9.78. The van der Waals surface area contributed by atoms with Gasteiger partial charge in [0.05, 0.1) is 11.9 Å². The maximum Gasteiger partial charge on any atom is 0.203 e. The zero-order valence-electron chi connectivity index (χ0n) is 15.0. The molecule has 0 aliphatic carbocycles. The lowest BCUT2D eigenvalue weighted by Crippen LogP contribution is -1.93. The lowest BCUT2D eigenvalue weighted by atomic mass is 9.99. The first-order valence-corrected chi connectivity index (χ1v) is 9.64. The van der Waals surface area contributed by atoms with Gasteiger partial charge in [-0.25, -0.2) is 4.98 Å². The predicted octanol–water partition coefficient (Wildman–Crippen LogP) is 6.23. The number of anilines is 1. The van der Waals surface area contributed by atoms with E-state index in [0.29, 0.717) is 0 Å². The molecule has 0 saturated carbocycles. The number of hydrogen-bond acceptors (Lipinski definition) is 4. The van der Waals surface area contributed by atoms with E-state index in [2.05, 4.69) is 77.0 Å². The molecule has 3 nitrogen and oxygen atoms in total. The molecule has 0 bridgehead atoms. The fraction of sp³-hybridized carbons (Fsp3) is 0.0435. The lowest BCUT2D eigenvalue weighted by molar-refractivity contribution is 1.29. The van der Waals surface area contributed by atoms with Crippen LogP contribution >= 0.6 is 11.3 Å². The van der Waals surface area contributed by atoms with E-state index in [9.17, 15) is 0 Å². The molecule has 27 heavy (non-hydrogen) atoms. The molecule has 0 radical (unpaired) electrons. The molecule has 0 unspecified atom stereocenters. The van der Waals surface area contributed by atoms with E-state index in [1.165, 1.54) is 11.1 Å². The maximum atomic E-state index is 4.60. The van der Waals surface area contributed by atoms with Crippen molar-refractivity contribution in [2.24, 2.45) is 5.10 Å². The Kier molecular flexibility index (Phi) is 5.08. The van der Waals surface area contributed by atoms with Gasteiger partial charge in [0.1, 0.15) is 0 Å². The van der Waals surface area contributed by atoms with Gasteiger partial charge in [-0.2, -0.15) is 5.10 Å². The summed E-state index contributed by atoms with van der Waals surface area (Å²) in [5, 5.41) is 7.21. The highest BCUT2D eigenvalue weighted by molar-refractivity contribution is 7.14. The molecular weight excluding hydrogens is 350 g/mol. The molecular formula is C23H19N3S. The summed E-state index contributed by atoms with van der Waals surface area (Å²) >= 11 is 1.55. The SMILES string of the molecule is Cc1cccc(-c2ccccc2C=NNc2nc(-c3ccccc3)cs2)c1. The number of aromatic nitrogens is 1. The molecule has 0 atom stereocenters. The molecule has 4 heteroatoms. The minimum absolute atomic E-state index is 0.776. The second-order valence-electron chi connectivity index (χ2n) is 6.23. The molecule has 1 aromatic heterocycles. The van der Waals surface area contributed by atoms with Gasteiger partial charge in [-0.3, -0.25) is 5.43 Å². The van der Waals surface area contributed by atoms with Crippen LogP contribution in [-0.2, 0) is 0 Å². The third-order valence-electron chi connectivity index (χ3n) is 4.23. The first kappa shape index (κ1) is 17.2. The third kappa shape index (κ3) is 4.13. The smallest absolute Gasteiger partial charge is 0.203 e. The van der Waals surface area contributed by atoms with Crippen molar-refractivity contribution in [1.82, 2.24) is 4.98 Å². The van der Waals surface area contributed by atoms with Crippen LogP contribution in [0.1, 0.15) is 11.1 Å². The molecule has 132 valence electrons. The van der Waals surface area contributed by atoms with Crippen molar-refractivity contribution in [2.45, 2.75) is 6.92 Å². The maximum absolute atomic E-state index is 4.60. The van der Waals surface area contributed by atoms with Gasteiger partial charge < -0.3 is 0 Å². The van der Waals surface area contributed by atoms with Crippen molar-refractivity contribution in [2.75, 3.05) is 5.43 Å². The number of nitrogens with zero attached hydrogens (tertiary/aromatic N) is 2. The molecule has 4 rings (SSSR count). The van der Waals surface area contributed by atoms with Gasteiger partial charge in [-0.15, -0.1) is 11.3 Å². The van der Waals surface area contributed by atoms with Crippen molar-refractivity contribution < 1.29 is 0 Å². The molecule has 1 N–H and O–H groups in total. The average Bonchev–Trinajstić information content (AvgIpc) is 3.18. The standard InChI is InChI=1S/C23H19N3S/c1-17-8-7-12-19(14-17)21-13-6-5-11-20(21)15-24-26-23-25-22(16-27-23)18-9-3-2-4-10-18/h2-16H,1H3,(H,25,26). The Hall–Kier alpha value is -3.24. The molecule has 0 aliphatic heterocycles. The first-order chi connectivity index (χ1) is 13.3. The van der Waals surface area contributed by atoms with E-state index < -0.39 is 0 Å². The van der Waals surface area contributed by atoms with E-state index in [1.54, 1.807) is 11.3 Å². The van der Waals surface area contributed by atoms with Crippen LogP contribution in [0.15, 0.2) is 89.3 Å². The highest BCUT2D eigenvalue weighted by Crippen LogP contribution is 2.25. The number of hydrogen-bond donors (Lipinski definition) is 1. The fourth-order valence-corrected chi connectivity index (χ4v) is 3.58. The van der Waals surface area contributed by atoms with E-state index in [4.69, 9.17) is 0 Å². The zero-order chi connectivity index (χ0) is 18.5. The van der Waals surface area contributed by atoms with Gasteiger partial charge in [-0.1, -0.05) is 84.4 Å². The normalized spacial score (nSPS) is 11.0. The summed E-state index contributed by atoms with van der Waals surface area (Å²) in [6, 6.07) is 26.9. The Bertz CT molecular complexity index is 1070. The summed E-state index contributed by atoms with van der Waals surface area (Å²) < 4.78 is 0. The van der Waals surface area contributed by atoms with E-state index >= 15 is 0 Å². The molecule has 1 heterocycles. The van der Waals surface area contributed by atoms with Crippen molar-refractivity contribution in [3.05, 3.63) is 95.4 Å². The number of aryl methyl sites for hydroxylation is 1. The summed E-state index contributed by atoms with van der Waals surface area (Å²) in [4.78, 5) is 4.60. The molecule has 0 fully saturated rings. The number of hydrazone groups is 1. The second kappa shape index (κ2) is 7.98.